The number of rotatable bonds is 16. The van der Waals surface area contributed by atoms with Gasteiger partial charge in [-0.1, -0.05) is 62.4 Å². The van der Waals surface area contributed by atoms with Crippen molar-refractivity contribution in [3.8, 4) is 11.5 Å². The zero-order chi connectivity index (χ0) is 25.8. The lowest BCUT2D eigenvalue weighted by molar-refractivity contribution is 0.0195. The summed E-state index contributed by atoms with van der Waals surface area (Å²) in [6.45, 7) is 17.2. The van der Waals surface area contributed by atoms with Crippen LogP contribution in [-0.4, -0.2) is 62.1 Å². The molecular formula is C29H40O6. The first kappa shape index (κ1) is 28.6. The third-order valence-corrected chi connectivity index (χ3v) is 5.35. The second kappa shape index (κ2) is 14.0. The lowest BCUT2D eigenvalue weighted by atomic mass is 9.78. The predicted octanol–water partition coefficient (Wildman–Crippen LogP) is 4.68. The average Bonchev–Trinajstić information content (AvgIpc) is 2.81. The van der Waals surface area contributed by atoms with Gasteiger partial charge in [0.05, 0.1) is 26.4 Å². The number of ether oxygens (including phenoxy) is 4. The minimum atomic E-state index is -0.698. The minimum Gasteiger partial charge on any atom is -0.491 e. The van der Waals surface area contributed by atoms with Gasteiger partial charge in [0.1, 0.15) is 36.9 Å². The zero-order valence-corrected chi connectivity index (χ0v) is 21.5. The quantitative estimate of drug-likeness (QED) is 0.337. The number of aliphatic hydroxyl groups is 2. The lowest BCUT2D eigenvalue weighted by Gasteiger charge is -2.26. The number of aliphatic hydroxyl groups excluding tert-OH is 2. The third kappa shape index (κ3) is 10.2. The van der Waals surface area contributed by atoms with Gasteiger partial charge in [-0.05, 0) is 49.2 Å². The molecule has 2 unspecified atom stereocenters. The van der Waals surface area contributed by atoms with Crippen molar-refractivity contribution >= 4 is 0 Å². The number of hydrogen-bond donors (Lipinski definition) is 2. The summed E-state index contributed by atoms with van der Waals surface area (Å²) in [5.74, 6) is 1.39. The number of hydrogen-bond acceptors (Lipinski definition) is 6. The van der Waals surface area contributed by atoms with Crippen LogP contribution in [0.3, 0.4) is 0 Å². The molecule has 0 aromatic heterocycles. The highest BCUT2D eigenvalue weighted by Gasteiger charge is 2.23. The van der Waals surface area contributed by atoms with Crippen molar-refractivity contribution in [1.82, 2.24) is 0 Å². The Labute approximate surface area is 209 Å². The van der Waals surface area contributed by atoms with E-state index in [0.717, 1.165) is 22.3 Å². The van der Waals surface area contributed by atoms with Crippen molar-refractivity contribution in [2.75, 3.05) is 39.6 Å². The molecule has 6 heteroatoms. The Balaban J connectivity index is 1.86. The van der Waals surface area contributed by atoms with Crippen molar-refractivity contribution in [2.24, 2.45) is 0 Å². The Kier molecular flexibility index (Phi) is 11.5. The third-order valence-electron chi connectivity index (χ3n) is 5.35. The molecule has 0 aliphatic rings. The van der Waals surface area contributed by atoms with Crippen LogP contribution in [-0.2, 0) is 14.9 Å². The molecule has 0 saturated carbocycles. The van der Waals surface area contributed by atoms with Crippen LogP contribution in [0.15, 0.2) is 72.8 Å². The number of benzene rings is 2. The molecule has 192 valence electrons. The molecule has 2 rings (SSSR count). The van der Waals surface area contributed by atoms with Gasteiger partial charge in [0.15, 0.2) is 0 Å². The molecule has 0 aliphatic carbocycles. The van der Waals surface area contributed by atoms with Crippen LogP contribution in [0.25, 0.3) is 0 Å². The second-order valence-corrected chi connectivity index (χ2v) is 9.55. The summed E-state index contributed by atoms with van der Waals surface area (Å²) in [5, 5.41) is 20.0. The summed E-state index contributed by atoms with van der Waals surface area (Å²) in [4.78, 5) is 0. The first-order valence-corrected chi connectivity index (χ1v) is 11.8. The predicted molar refractivity (Wildman–Crippen MR) is 139 cm³/mol. The summed E-state index contributed by atoms with van der Waals surface area (Å²) in [5.41, 5.74) is 3.86. The van der Waals surface area contributed by atoms with E-state index in [9.17, 15) is 10.2 Å². The summed E-state index contributed by atoms with van der Waals surface area (Å²) in [7, 11) is 0. The van der Waals surface area contributed by atoms with Gasteiger partial charge >= 0.3 is 0 Å². The van der Waals surface area contributed by atoms with E-state index in [1.807, 2.05) is 62.4 Å². The van der Waals surface area contributed by atoms with Crippen molar-refractivity contribution in [3.05, 3.63) is 84.0 Å². The fourth-order valence-corrected chi connectivity index (χ4v) is 3.32. The molecule has 0 aliphatic heterocycles. The Morgan fingerprint density at radius 2 is 1.03 bits per heavy atom. The van der Waals surface area contributed by atoms with Gasteiger partial charge in [-0.25, -0.2) is 0 Å². The maximum atomic E-state index is 9.99. The highest BCUT2D eigenvalue weighted by molar-refractivity contribution is 5.41. The van der Waals surface area contributed by atoms with Crippen LogP contribution in [0.1, 0.15) is 38.8 Å². The molecule has 0 fully saturated rings. The van der Waals surface area contributed by atoms with Gasteiger partial charge in [0.25, 0.3) is 0 Å². The molecule has 2 aromatic carbocycles. The lowest BCUT2D eigenvalue weighted by Crippen LogP contribution is -2.24. The Bertz CT molecular complexity index is 842. The molecule has 35 heavy (non-hydrogen) atoms. The van der Waals surface area contributed by atoms with Gasteiger partial charge in [-0.2, -0.15) is 0 Å². The largest absolute Gasteiger partial charge is 0.491 e. The molecule has 0 radical (unpaired) electrons. The molecule has 0 spiro atoms. The summed E-state index contributed by atoms with van der Waals surface area (Å²) in [6, 6.07) is 15.8. The van der Waals surface area contributed by atoms with Crippen LogP contribution in [0.4, 0.5) is 0 Å². The molecule has 0 amide bonds. The maximum Gasteiger partial charge on any atom is 0.119 e. The Morgan fingerprint density at radius 1 is 0.686 bits per heavy atom. The molecule has 2 N–H and O–H groups in total. The molecule has 2 aromatic rings. The molecule has 0 saturated heterocycles. The van der Waals surface area contributed by atoms with Gasteiger partial charge < -0.3 is 29.2 Å². The molecule has 2 atom stereocenters. The van der Waals surface area contributed by atoms with Crippen molar-refractivity contribution in [3.63, 3.8) is 0 Å². The Morgan fingerprint density at radius 3 is 1.34 bits per heavy atom. The van der Waals surface area contributed by atoms with Gasteiger partial charge in [-0.15, -0.1) is 0 Å². The first-order valence-electron chi connectivity index (χ1n) is 11.8. The van der Waals surface area contributed by atoms with Crippen LogP contribution >= 0.6 is 0 Å². The summed E-state index contributed by atoms with van der Waals surface area (Å²) in [6.07, 6.45) is -1.40. The smallest absolute Gasteiger partial charge is 0.119 e. The normalized spacial score (nSPS) is 13.2. The van der Waals surface area contributed by atoms with E-state index >= 15 is 0 Å². The van der Waals surface area contributed by atoms with E-state index in [1.165, 1.54) is 0 Å². The second-order valence-electron chi connectivity index (χ2n) is 9.55. The highest BCUT2D eigenvalue weighted by atomic mass is 16.5. The summed E-state index contributed by atoms with van der Waals surface area (Å²) < 4.78 is 22.1. The van der Waals surface area contributed by atoms with Crippen molar-refractivity contribution in [2.45, 2.75) is 45.3 Å². The van der Waals surface area contributed by atoms with Crippen LogP contribution < -0.4 is 9.47 Å². The van der Waals surface area contributed by atoms with Crippen molar-refractivity contribution < 1.29 is 29.2 Å². The zero-order valence-electron chi connectivity index (χ0n) is 21.5. The van der Waals surface area contributed by atoms with Crippen molar-refractivity contribution in [1.29, 1.82) is 0 Å². The van der Waals surface area contributed by atoms with Gasteiger partial charge in [0, 0.05) is 5.41 Å². The highest BCUT2D eigenvalue weighted by Crippen LogP contribution is 2.33. The topological polar surface area (TPSA) is 77.4 Å². The summed E-state index contributed by atoms with van der Waals surface area (Å²) >= 11 is 0. The molecule has 0 bridgehead atoms. The van der Waals surface area contributed by atoms with E-state index in [2.05, 4.69) is 27.0 Å². The van der Waals surface area contributed by atoms with Gasteiger partial charge in [-0.3, -0.25) is 0 Å². The van der Waals surface area contributed by atoms with Crippen LogP contribution in [0.2, 0.25) is 0 Å². The molecule has 6 nitrogen and oxygen atoms in total. The van der Waals surface area contributed by atoms with E-state index in [-0.39, 0.29) is 31.8 Å². The van der Waals surface area contributed by atoms with E-state index < -0.39 is 12.2 Å². The van der Waals surface area contributed by atoms with Crippen LogP contribution in [0, 0.1) is 0 Å². The molecular weight excluding hydrogens is 444 g/mol. The first-order chi connectivity index (χ1) is 16.6. The monoisotopic (exact) mass is 484 g/mol. The molecule has 0 heterocycles. The minimum absolute atomic E-state index is 0.162. The maximum absolute atomic E-state index is 9.99. The Hall–Kier alpha value is -2.64. The van der Waals surface area contributed by atoms with E-state index in [1.54, 1.807) is 0 Å². The van der Waals surface area contributed by atoms with E-state index in [4.69, 9.17) is 18.9 Å². The average molecular weight is 485 g/mol. The van der Waals surface area contributed by atoms with E-state index in [0.29, 0.717) is 24.7 Å². The standard InChI is InChI=1S/C29H40O6/c1-21(2)15-32-17-25(30)19-34-27-11-7-23(8-12-27)29(5,6)24-9-13-28(14-10-24)35-20-26(31)18-33-16-22(3)4/h7-14,25-26,30-31H,1,3,15-20H2,2,4-6H3. The van der Waals surface area contributed by atoms with Gasteiger partial charge in [0.2, 0.25) is 0 Å². The fourth-order valence-electron chi connectivity index (χ4n) is 3.32. The van der Waals surface area contributed by atoms with Crippen LogP contribution in [0.5, 0.6) is 11.5 Å². The fraction of sp³-hybridized carbons (Fsp3) is 0.448. The SMILES string of the molecule is C=C(C)COCC(O)COc1ccc(C(C)(C)c2ccc(OCC(O)COCC(=C)C)cc2)cc1.